The molecule has 0 spiro atoms. The van der Waals surface area contributed by atoms with E-state index in [0.717, 1.165) is 25.9 Å². The summed E-state index contributed by atoms with van der Waals surface area (Å²) < 4.78 is 0. The first kappa shape index (κ1) is 11.1. The van der Waals surface area contributed by atoms with Crippen LogP contribution in [0.15, 0.2) is 29.4 Å². The Balaban J connectivity index is 1.99. The van der Waals surface area contributed by atoms with E-state index >= 15 is 0 Å². The monoisotopic (exact) mass is 236 g/mol. The van der Waals surface area contributed by atoms with Crippen LogP contribution in [0.25, 0.3) is 0 Å². The van der Waals surface area contributed by atoms with Crippen molar-refractivity contribution in [3.63, 3.8) is 0 Å². The van der Waals surface area contributed by atoms with E-state index in [2.05, 4.69) is 5.10 Å². The molecule has 0 saturated carbocycles. The van der Waals surface area contributed by atoms with Gasteiger partial charge in [-0.15, -0.1) is 0 Å². The van der Waals surface area contributed by atoms with Gasteiger partial charge in [0, 0.05) is 23.7 Å². The minimum absolute atomic E-state index is 0.0800. The van der Waals surface area contributed by atoms with Crippen molar-refractivity contribution in [3.05, 3.63) is 34.9 Å². The Labute approximate surface area is 99.7 Å². The summed E-state index contributed by atoms with van der Waals surface area (Å²) in [5, 5.41) is 6.70. The van der Waals surface area contributed by atoms with Crippen molar-refractivity contribution in [1.82, 2.24) is 5.01 Å². The first-order valence-corrected chi connectivity index (χ1v) is 5.72. The molecule has 16 heavy (non-hydrogen) atoms. The normalized spacial score (nSPS) is 15.9. The number of carbonyl (C=O) groups excluding carboxylic acids is 1. The van der Waals surface area contributed by atoms with E-state index in [0.29, 0.717) is 10.6 Å². The highest BCUT2D eigenvalue weighted by molar-refractivity contribution is 6.35. The lowest BCUT2D eigenvalue weighted by Gasteiger charge is -2.08. The molecule has 1 aliphatic rings. The van der Waals surface area contributed by atoms with Crippen LogP contribution in [0, 0.1) is 0 Å². The van der Waals surface area contributed by atoms with Gasteiger partial charge in [0.25, 0.3) is 0 Å². The van der Waals surface area contributed by atoms with Crippen LogP contribution in [-0.2, 0) is 0 Å². The molecule has 1 fully saturated rings. The summed E-state index contributed by atoms with van der Waals surface area (Å²) in [7, 11) is 0. The van der Waals surface area contributed by atoms with Gasteiger partial charge in [-0.3, -0.25) is 9.80 Å². The van der Waals surface area contributed by atoms with Crippen molar-refractivity contribution < 1.29 is 4.79 Å². The Morgan fingerprint density at radius 3 is 2.50 bits per heavy atom. The van der Waals surface area contributed by atoms with Gasteiger partial charge in [0.05, 0.1) is 6.21 Å². The average Bonchev–Trinajstić information content (AvgIpc) is 2.80. The third-order valence-corrected chi connectivity index (χ3v) is 2.80. The summed E-state index contributed by atoms with van der Waals surface area (Å²) >= 11 is 5.74. The number of halogens is 1. The lowest BCUT2D eigenvalue weighted by Crippen LogP contribution is -2.13. The molecular weight excluding hydrogens is 224 g/mol. The Morgan fingerprint density at radius 1 is 1.25 bits per heavy atom. The summed E-state index contributed by atoms with van der Waals surface area (Å²) in [6, 6.07) is 6.83. The molecule has 0 unspecified atom stereocenters. The van der Waals surface area contributed by atoms with Gasteiger partial charge < -0.3 is 0 Å². The first-order valence-electron chi connectivity index (χ1n) is 5.34. The number of Topliss-reactive ketones (excluding diaryl/α,β-unsaturated/α-hetero) is 1. The molecule has 1 aromatic carbocycles. The van der Waals surface area contributed by atoms with Gasteiger partial charge in [-0.2, -0.15) is 5.10 Å². The highest BCUT2D eigenvalue weighted by Crippen LogP contribution is 2.10. The average molecular weight is 237 g/mol. The van der Waals surface area contributed by atoms with E-state index < -0.39 is 0 Å². The molecule has 84 valence electrons. The molecule has 2 rings (SSSR count). The predicted molar refractivity (Wildman–Crippen MR) is 65.1 cm³/mol. The second-order valence-corrected chi connectivity index (χ2v) is 4.21. The van der Waals surface area contributed by atoms with E-state index in [-0.39, 0.29) is 5.78 Å². The van der Waals surface area contributed by atoms with Gasteiger partial charge in [-0.25, -0.2) is 0 Å². The molecule has 0 amide bonds. The number of ketones is 1. The predicted octanol–water partition coefficient (Wildman–Crippen LogP) is 2.60. The molecule has 0 aliphatic carbocycles. The first-order chi connectivity index (χ1) is 7.75. The van der Waals surface area contributed by atoms with E-state index in [1.807, 2.05) is 5.01 Å². The lowest BCUT2D eigenvalue weighted by atomic mass is 10.1. The number of hydrogen-bond acceptors (Lipinski definition) is 3. The minimum Gasteiger partial charge on any atom is -0.297 e. The summed E-state index contributed by atoms with van der Waals surface area (Å²) in [6.45, 7) is 1.90. The Kier molecular flexibility index (Phi) is 3.57. The van der Waals surface area contributed by atoms with Gasteiger partial charge in [0.15, 0.2) is 0 Å². The second kappa shape index (κ2) is 5.12. The number of hydrogen-bond donors (Lipinski definition) is 0. The van der Waals surface area contributed by atoms with Crippen molar-refractivity contribution in [1.29, 1.82) is 0 Å². The van der Waals surface area contributed by atoms with Crippen LogP contribution in [-0.4, -0.2) is 30.1 Å². The number of carbonyl (C=O) groups is 1. The van der Waals surface area contributed by atoms with Crippen molar-refractivity contribution >= 4 is 23.6 Å². The minimum atomic E-state index is -0.0800. The van der Waals surface area contributed by atoms with Crippen molar-refractivity contribution in [3.8, 4) is 0 Å². The van der Waals surface area contributed by atoms with Crippen LogP contribution in [0.4, 0.5) is 0 Å². The van der Waals surface area contributed by atoms with Gasteiger partial charge in [0.2, 0.25) is 5.78 Å². The largest absolute Gasteiger partial charge is 0.297 e. The summed E-state index contributed by atoms with van der Waals surface area (Å²) in [5.41, 5.74) is 0.618. The highest BCUT2D eigenvalue weighted by Gasteiger charge is 2.09. The van der Waals surface area contributed by atoms with E-state index in [9.17, 15) is 4.79 Å². The van der Waals surface area contributed by atoms with Crippen molar-refractivity contribution in [2.24, 2.45) is 5.10 Å². The van der Waals surface area contributed by atoms with Crippen molar-refractivity contribution in [2.45, 2.75) is 12.8 Å². The number of nitrogens with zero attached hydrogens (tertiary/aromatic N) is 2. The molecule has 0 bridgehead atoms. The van der Waals surface area contributed by atoms with Gasteiger partial charge >= 0.3 is 0 Å². The topological polar surface area (TPSA) is 32.7 Å². The van der Waals surface area contributed by atoms with Gasteiger partial charge in [0.1, 0.15) is 0 Å². The Morgan fingerprint density at radius 2 is 1.88 bits per heavy atom. The Bertz CT molecular complexity index is 394. The zero-order chi connectivity index (χ0) is 11.4. The Hall–Kier alpha value is -1.35. The molecule has 0 N–H and O–H groups in total. The van der Waals surface area contributed by atoms with Crippen LogP contribution >= 0.6 is 11.6 Å². The number of benzene rings is 1. The maximum absolute atomic E-state index is 11.7. The van der Waals surface area contributed by atoms with E-state index in [4.69, 9.17) is 11.6 Å². The fraction of sp³-hybridized carbons (Fsp3) is 0.333. The lowest BCUT2D eigenvalue weighted by molar-refractivity contribution is 0.106. The maximum atomic E-state index is 11.7. The summed E-state index contributed by atoms with van der Waals surface area (Å²) in [4.78, 5) is 11.7. The van der Waals surface area contributed by atoms with Crippen LogP contribution in [0.2, 0.25) is 5.02 Å². The molecule has 1 aliphatic heterocycles. The molecule has 1 heterocycles. The quantitative estimate of drug-likeness (QED) is 0.597. The third-order valence-electron chi connectivity index (χ3n) is 2.55. The molecule has 0 atom stereocenters. The van der Waals surface area contributed by atoms with Crippen LogP contribution in [0.1, 0.15) is 23.2 Å². The van der Waals surface area contributed by atoms with Gasteiger partial charge in [-0.05, 0) is 37.1 Å². The van der Waals surface area contributed by atoms with Crippen LogP contribution in [0.5, 0.6) is 0 Å². The SMILES string of the molecule is O=C(/C=N/N1CCCC1)c1ccc(Cl)cc1. The summed E-state index contributed by atoms with van der Waals surface area (Å²) in [5.74, 6) is -0.0800. The third kappa shape index (κ3) is 2.83. The van der Waals surface area contributed by atoms with Gasteiger partial charge in [-0.1, -0.05) is 11.6 Å². The standard InChI is InChI=1S/C12H13ClN2O/c13-11-5-3-10(4-6-11)12(16)9-14-15-7-1-2-8-15/h3-6,9H,1-2,7-8H2/b14-9+. The molecule has 1 saturated heterocycles. The second-order valence-electron chi connectivity index (χ2n) is 3.78. The zero-order valence-electron chi connectivity index (χ0n) is 8.90. The van der Waals surface area contributed by atoms with Crippen LogP contribution in [0.3, 0.4) is 0 Å². The summed E-state index contributed by atoms with van der Waals surface area (Å²) in [6.07, 6.45) is 3.70. The molecule has 4 heteroatoms. The van der Waals surface area contributed by atoms with E-state index in [1.165, 1.54) is 6.21 Å². The highest BCUT2D eigenvalue weighted by atomic mass is 35.5. The molecule has 1 aromatic rings. The number of hydrazone groups is 1. The number of rotatable bonds is 3. The zero-order valence-corrected chi connectivity index (χ0v) is 9.65. The molecule has 3 nitrogen and oxygen atoms in total. The van der Waals surface area contributed by atoms with E-state index in [1.54, 1.807) is 24.3 Å². The maximum Gasteiger partial charge on any atom is 0.205 e. The molecular formula is C12H13ClN2O. The smallest absolute Gasteiger partial charge is 0.205 e. The van der Waals surface area contributed by atoms with Crippen LogP contribution < -0.4 is 0 Å². The fourth-order valence-corrected chi connectivity index (χ4v) is 1.76. The molecule has 0 aromatic heterocycles. The molecule has 0 radical (unpaired) electrons. The van der Waals surface area contributed by atoms with Crippen molar-refractivity contribution in [2.75, 3.05) is 13.1 Å². The fourth-order valence-electron chi connectivity index (χ4n) is 1.64.